The summed E-state index contributed by atoms with van der Waals surface area (Å²) in [6.07, 6.45) is 2.00. The quantitative estimate of drug-likeness (QED) is 0.401. The molecule has 1 atom stereocenters. The van der Waals surface area contributed by atoms with E-state index in [1.54, 1.807) is 18.2 Å². The molecule has 2 aromatic carbocycles. The summed E-state index contributed by atoms with van der Waals surface area (Å²) in [4.78, 5) is 50.7. The standard InChI is InChI=1S/C26H22N6O5/c1-14-2-6-22-15(8-14)10-18(37-22)11-27-24(34)20-13-32(30-29-20)17-3-4-19-16(9-17)12-31(26(19)36)21-5-7-23(33)28-25(21)35/h2-4,6,8-10,13,21H,5,7,11-12H2,1H3,(H,27,34)(H,28,33,35). The molecule has 2 aliphatic rings. The van der Waals surface area contributed by atoms with E-state index in [1.165, 1.54) is 15.8 Å². The monoisotopic (exact) mass is 498 g/mol. The van der Waals surface area contributed by atoms with Crippen LogP contribution in [0.1, 0.15) is 50.6 Å². The Bertz CT molecular complexity index is 1600. The number of nitrogens with zero attached hydrogens (tertiary/aromatic N) is 4. The molecular weight excluding hydrogens is 476 g/mol. The van der Waals surface area contributed by atoms with Gasteiger partial charge < -0.3 is 14.6 Å². The third kappa shape index (κ3) is 4.14. The first-order valence-electron chi connectivity index (χ1n) is 11.8. The number of benzene rings is 2. The lowest BCUT2D eigenvalue weighted by atomic mass is 10.0. The molecule has 2 aliphatic heterocycles. The highest BCUT2D eigenvalue weighted by atomic mass is 16.3. The van der Waals surface area contributed by atoms with Gasteiger partial charge in [0.05, 0.1) is 18.4 Å². The van der Waals surface area contributed by atoms with Gasteiger partial charge in [0.15, 0.2) is 5.69 Å². The van der Waals surface area contributed by atoms with Crippen molar-refractivity contribution in [2.75, 3.05) is 0 Å². The molecule has 2 N–H and O–H groups in total. The highest BCUT2D eigenvalue weighted by Gasteiger charge is 2.39. The maximum atomic E-state index is 12.9. The van der Waals surface area contributed by atoms with Crippen LogP contribution in [0.25, 0.3) is 16.7 Å². The predicted molar refractivity (Wildman–Crippen MR) is 130 cm³/mol. The highest BCUT2D eigenvalue weighted by molar-refractivity contribution is 6.05. The molecule has 11 heteroatoms. The first-order chi connectivity index (χ1) is 17.9. The van der Waals surface area contributed by atoms with E-state index in [0.717, 1.165) is 22.1 Å². The van der Waals surface area contributed by atoms with Gasteiger partial charge in [0.25, 0.3) is 11.8 Å². The first-order valence-corrected chi connectivity index (χ1v) is 11.8. The van der Waals surface area contributed by atoms with Crippen LogP contribution in [0.3, 0.4) is 0 Å². The smallest absolute Gasteiger partial charge is 0.273 e. The average molecular weight is 498 g/mol. The second kappa shape index (κ2) is 8.70. The van der Waals surface area contributed by atoms with Crippen LogP contribution in [-0.2, 0) is 22.7 Å². The van der Waals surface area contributed by atoms with Crippen molar-refractivity contribution >= 4 is 34.6 Å². The van der Waals surface area contributed by atoms with Crippen molar-refractivity contribution in [3.05, 3.63) is 76.8 Å². The third-order valence-corrected chi connectivity index (χ3v) is 6.64. The van der Waals surface area contributed by atoms with Gasteiger partial charge in [-0.15, -0.1) is 5.10 Å². The SMILES string of the molecule is Cc1ccc2oc(CNC(=O)c3cn(-c4ccc5c(c4)CN(C4CCC(=O)NC4=O)C5=O)nn3)cc2c1. The Balaban J connectivity index is 1.14. The van der Waals surface area contributed by atoms with Gasteiger partial charge in [-0.05, 0) is 55.3 Å². The molecule has 0 radical (unpaired) electrons. The summed E-state index contributed by atoms with van der Waals surface area (Å²) < 4.78 is 7.23. The summed E-state index contributed by atoms with van der Waals surface area (Å²) in [5.74, 6) is -0.808. The minimum atomic E-state index is -0.682. The second-order valence-electron chi connectivity index (χ2n) is 9.23. The van der Waals surface area contributed by atoms with Crippen LogP contribution in [-0.4, -0.2) is 49.6 Å². The molecule has 1 saturated heterocycles. The number of aromatic nitrogens is 3. The van der Waals surface area contributed by atoms with E-state index in [9.17, 15) is 19.2 Å². The minimum absolute atomic E-state index is 0.133. The maximum absolute atomic E-state index is 12.9. The second-order valence-corrected chi connectivity index (χ2v) is 9.23. The van der Waals surface area contributed by atoms with E-state index < -0.39 is 17.9 Å². The molecule has 186 valence electrons. The number of imide groups is 1. The lowest BCUT2D eigenvalue weighted by Gasteiger charge is -2.29. The number of hydrogen-bond donors (Lipinski definition) is 2. The zero-order valence-corrected chi connectivity index (χ0v) is 19.9. The number of hydrogen-bond acceptors (Lipinski definition) is 7. The van der Waals surface area contributed by atoms with Crippen LogP contribution in [0.2, 0.25) is 0 Å². The lowest BCUT2D eigenvalue weighted by molar-refractivity contribution is -0.136. The number of fused-ring (bicyclic) bond motifs is 2. The molecule has 2 aromatic heterocycles. The molecule has 4 heterocycles. The van der Waals surface area contributed by atoms with Crippen molar-refractivity contribution in [1.29, 1.82) is 0 Å². The average Bonchev–Trinajstić information content (AvgIpc) is 3.60. The van der Waals surface area contributed by atoms with E-state index in [2.05, 4.69) is 20.9 Å². The zero-order valence-electron chi connectivity index (χ0n) is 19.9. The summed E-state index contributed by atoms with van der Waals surface area (Å²) in [7, 11) is 0. The van der Waals surface area contributed by atoms with E-state index in [1.807, 2.05) is 31.2 Å². The van der Waals surface area contributed by atoms with Crippen LogP contribution in [0.4, 0.5) is 0 Å². The Morgan fingerprint density at radius 1 is 1.16 bits per heavy atom. The Morgan fingerprint density at radius 2 is 2.03 bits per heavy atom. The summed E-state index contributed by atoms with van der Waals surface area (Å²) in [6, 6.07) is 12.3. The molecule has 6 rings (SSSR count). The van der Waals surface area contributed by atoms with Gasteiger partial charge in [0.2, 0.25) is 11.8 Å². The van der Waals surface area contributed by atoms with Crippen molar-refractivity contribution < 1.29 is 23.6 Å². The molecule has 0 saturated carbocycles. The lowest BCUT2D eigenvalue weighted by Crippen LogP contribution is -2.52. The topological polar surface area (TPSA) is 139 Å². The molecule has 0 bridgehead atoms. The van der Waals surface area contributed by atoms with Crippen molar-refractivity contribution in [3.63, 3.8) is 0 Å². The molecule has 11 nitrogen and oxygen atoms in total. The number of carbonyl (C=O) groups excluding carboxylic acids is 4. The normalized spacial score (nSPS) is 17.3. The van der Waals surface area contributed by atoms with Crippen LogP contribution in [0, 0.1) is 6.92 Å². The minimum Gasteiger partial charge on any atom is -0.459 e. The van der Waals surface area contributed by atoms with E-state index in [0.29, 0.717) is 23.4 Å². The molecule has 0 spiro atoms. The van der Waals surface area contributed by atoms with Crippen molar-refractivity contribution in [3.8, 4) is 5.69 Å². The van der Waals surface area contributed by atoms with E-state index in [4.69, 9.17) is 4.42 Å². The Labute approximate surface area is 210 Å². The maximum Gasteiger partial charge on any atom is 0.273 e. The molecule has 37 heavy (non-hydrogen) atoms. The van der Waals surface area contributed by atoms with Gasteiger partial charge in [-0.2, -0.15) is 0 Å². The Kier molecular flexibility index (Phi) is 5.32. The number of aryl methyl sites for hydroxylation is 1. The largest absolute Gasteiger partial charge is 0.459 e. The Morgan fingerprint density at radius 3 is 2.86 bits per heavy atom. The van der Waals surface area contributed by atoms with Gasteiger partial charge in [0, 0.05) is 23.9 Å². The molecule has 0 aliphatic carbocycles. The van der Waals surface area contributed by atoms with Gasteiger partial charge in [-0.1, -0.05) is 16.8 Å². The predicted octanol–water partition coefficient (Wildman–Crippen LogP) is 2.01. The van der Waals surface area contributed by atoms with E-state index >= 15 is 0 Å². The van der Waals surface area contributed by atoms with Crippen LogP contribution in [0.15, 0.2) is 53.1 Å². The number of furan rings is 1. The van der Waals surface area contributed by atoms with Crippen molar-refractivity contribution in [2.24, 2.45) is 0 Å². The number of piperidine rings is 1. The van der Waals surface area contributed by atoms with Crippen LogP contribution < -0.4 is 10.6 Å². The van der Waals surface area contributed by atoms with Gasteiger partial charge in [-0.3, -0.25) is 24.5 Å². The summed E-state index contributed by atoms with van der Waals surface area (Å²) in [5, 5.41) is 14.1. The molecule has 1 fully saturated rings. The number of amides is 4. The van der Waals surface area contributed by atoms with Gasteiger partial charge in [0.1, 0.15) is 17.4 Å². The van der Waals surface area contributed by atoms with Crippen molar-refractivity contribution in [2.45, 2.75) is 38.9 Å². The number of carbonyl (C=O) groups is 4. The third-order valence-electron chi connectivity index (χ3n) is 6.64. The summed E-state index contributed by atoms with van der Waals surface area (Å²) in [6.45, 7) is 2.45. The van der Waals surface area contributed by atoms with Crippen LogP contribution in [0.5, 0.6) is 0 Å². The number of rotatable bonds is 5. The Hall–Kier alpha value is -4.80. The van der Waals surface area contributed by atoms with Gasteiger partial charge in [-0.25, -0.2) is 4.68 Å². The van der Waals surface area contributed by atoms with Crippen LogP contribution >= 0.6 is 0 Å². The molecule has 1 unspecified atom stereocenters. The zero-order chi connectivity index (χ0) is 25.7. The molecule has 4 aromatic rings. The number of nitrogens with one attached hydrogen (secondary N) is 2. The van der Waals surface area contributed by atoms with E-state index in [-0.39, 0.29) is 37.0 Å². The van der Waals surface area contributed by atoms with Crippen molar-refractivity contribution in [1.82, 2.24) is 30.5 Å². The fourth-order valence-electron chi connectivity index (χ4n) is 4.76. The summed E-state index contributed by atoms with van der Waals surface area (Å²) in [5.41, 5.74) is 3.86. The fourth-order valence-corrected chi connectivity index (χ4v) is 4.76. The first kappa shape index (κ1) is 22.7. The molecule has 4 amide bonds. The highest BCUT2D eigenvalue weighted by Crippen LogP contribution is 2.29. The fraction of sp³-hybridized carbons (Fsp3) is 0.231. The van der Waals surface area contributed by atoms with Gasteiger partial charge >= 0.3 is 0 Å². The molecular formula is C26H22N6O5. The summed E-state index contributed by atoms with van der Waals surface area (Å²) >= 11 is 0.